The van der Waals surface area contributed by atoms with Crippen LogP contribution in [0, 0.1) is 0 Å². The molecular weight excluding hydrogens is 242 g/mol. The van der Waals surface area contributed by atoms with Gasteiger partial charge in [-0.15, -0.1) is 11.8 Å². The molecule has 0 heterocycles. The Bertz CT molecular complexity index is 343. The first-order valence-electron chi connectivity index (χ1n) is 6.55. The number of aliphatic hydroxyl groups excluding tert-OH is 1. The van der Waals surface area contributed by atoms with Gasteiger partial charge in [0.25, 0.3) is 0 Å². The lowest BCUT2D eigenvalue weighted by Gasteiger charge is -2.19. The molecule has 1 unspecified atom stereocenters. The number of thioether (sulfide) groups is 1. The number of hydrogen-bond acceptors (Lipinski definition) is 3. The smallest absolute Gasteiger partial charge is 0.0758 e. The summed E-state index contributed by atoms with van der Waals surface area (Å²) in [5.74, 6) is 0.738. The van der Waals surface area contributed by atoms with Gasteiger partial charge in [-0.3, -0.25) is 0 Å². The Hall–Kier alpha value is -0.510. The van der Waals surface area contributed by atoms with Crippen LogP contribution in [-0.2, 0) is 5.41 Å². The molecule has 0 spiro atoms. The topological polar surface area (TPSA) is 32.3 Å². The average molecular weight is 267 g/mol. The van der Waals surface area contributed by atoms with Crippen molar-refractivity contribution in [1.82, 2.24) is 5.32 Å². The van der Waals surface area contributed by atoms with E-state index >= 15 is 0 Å². The Morgan fingerprint density at radius 1 is 1.22 bits per heavy atom. The predicted molar refractivity (Wildman–Crippen MR) is 80.4 cm³/mol. The van der Waals surface area contributed by atoms with Crippen LogP contribution in [-0.4, -0.2) is 30.1 Å². The van der Waals surface area contributed by atoms with Crippen LogP contribution in [0.25, 0.3) is 0 Å². The van der Waals surface area contributed by atoms with Gasteiger partial charge in [0.05, 0.1) is 6.10 Å². The number of likely N-dealkylation sites (N-methyl/N-ethyl adjacent to an activating group) is 1. The average Bonchev–Trinajstić information content (AvgIpc) is 2.33. The molecule has 1 aromatic rings. The molecule has 3 heteroatoms. The van der Waals surface area contributed by atoms with E-state index in [1.807, 2.05) is 6.92 Å². The fraction of sp³-hybridized carbons (Fsp3) is 0.600. The molecule has 2 N–H and O–H groups in total. The summed E-state index contributed by atoms with van der Waals surface area (Å²) in [5.41, 5.74) is 1.55. The summed E-state index contributed by atoms with van der Waals surface area (Å²) in [7, 11) is 0. The Morgan fingerprint density at radius 2 is 1.83 bits per heavy atom. The van der Waals surface area contributed by atoms with Crippen molar-refractivity contribution < 1.29 is 5.11 Å². The van der Waals surface area contributed by atoms with E-state index in [1.165, 1.54) is 10.5 Å². The molecule has 0 saturated carbocycles. The Morgan fingerprint density at radius 3 is 2.33 bits per heavy atom. The van der Waals surface area contributed by atoms with Crippen LogP contribution in [0.15, 0.2) is 29.2 Å². The van der Waals surface area contributed by atoms with Crippen molar-refractivity contribution in [3.05, 3.63) is 29.8 Å². The molecule has 0 aliphatic rings. The molecule has 1 rings (SSSR count). The zero-order chi connectivity index (χ0) is 13.6. The summed E-state index contributed by atoms with van der Waals surface area (Å²) < 4.78 is 0. The first-order valence-corrected chi connectivity index (χ1v) is 7.54. The van der Waals surface area contributed by atoms with Gasteiger partial charge in [0.15, 0.2) is 0 Å². The third kappa shape index (κ3) is 5.42. The van der Waals surface area contributed by atoms with Crippen LogP contribution in [0.4, 0.5) is 0 Å². The maximum atomic E-state index is 9.74. The summed E-state index contributed by atoms with van der Waals surface area (Å²) >= 11 is 1.71. The molecular formula is C15H25NOS. The first-order chi connectivity index (χ1) is 8.43. The minimum atomic E-state index is -0.280. The predicted octanol–water partition coefficient (Wildman–Crippen LogP) is 3.05. The number of rotatable bonds is 6. The van der Waals surface area contributed by atoms with Gasteiger partial charge < -0.3 is 10.4 Å². The summed E-state index contributed by atoms with van der Waals surface area (Å²) in [6.07, 6.45) is -0.280. The normalized spacial score (nSPS) is 13.6. The van der Waals surface area contributed by atoms with Crippen LogP contribution in [0.2, 0.25) is 0 Å². The SMILES string of the molecule is CCNCC(O)CSc1ccc(C(C)(C)C)cc1. The molecule has 0 amide bonds. The third-order valence-corrected chi connectivity index (χ3v) is 3.95. The van der Waals surface area contributed by atoms with Gasteiger partial charge in [-0.2, -0.15) is 0 Å². The van der Waals surface area contributed by atoms with E-state index in [0.717, 1.165) is 12.3 Å². The largest absolute Gasteiger partial charge is 0.391 e. The van der Waals surface area contributed by atoms with E-state index in [4.69, 9.17) is 0 Å². The summed E-state index contributed by atoms with van der Waals surface area (Å²) in [6, 6.07) is 8.65. The fourth-order valence-electron chi connectivity index (χ4n) is 1.61. The lowest BCUT2D eigenvalue weighted by Crippen LogP contribution is -2.28. The molecule has 0 radical (unpaired) electrons. The van der Waals surface area contributed by atoms with Crippen molar-refractivity contribution in [3.8, 4) is 0 Å². The van der Waals surface area contributed by atoms with Crippen molar-refractivity contribution in [1.29, 1.82) is 0 Å². The number of benzene rings is 1. The zero-order valence-corrected chi connectivity index (χ0v) is 12.7. The Kier molecular flexibility index (Phi) is 6.19. The molecule has 0 aromatic heterocycles. The molecule has 0 aliphatic heterocycles. The Labute approximate surface area is 115 Å². The first kappa shape index (κ1) is 15.5. The van der Waals surface area contributed by atoms with E-state index < -0.39 is 0 Å². The van der Waals surface area contributed by atoms with E-state index in [0.29, 0.717) is 6.54 Å². The molecule has 1 aromatic carbocycles. The highest BCUT2D eigenvalue weighted by atomic mass is 32.2. The van der Waals surface area contributed by atoms with E-state index in [1.54, 1.807) is 11.8 Å². The van der Waals surface area contributed by atoms with Gasteiger partial charge in [0.2, 0.25) is 0 Å². The number of nitrogens with one attached hydrogen (secondary N) is 1. The van der Waals surface area contributed by atoms with E-state index in [-0.39, 0.29) is 11.5 Å². The molecule has 0 fully saturated rings. The molecule has 2 nitrogen and oxygen atoms in total. The van der Waals surface area contributed by atoms with E-state index in [2.05, 4.69) is 50.4 Å². The monoisotopic (exact) mass is 267 g/mol. The minimum Gasteiger partial charge on any atom is -0.391 e. The van der Waals surface area contributed by atoms with Crippen LogP contribution in [0.1, 0.15) is 33.3 Å². The van der Waals surface area contributed by atoms with Crippen LogP contribution in [0.3, 0.4) is 0 Å². The lowest BCUT2D eigenvalue weighted by atomic mass is 9.87. The fourth-order valence-corrected chi connectivity index (χ4v) is 2.44. The summed E-state index contributed by atoms with van der Waals surface area (Å²) in [6.45, 7) is 10.3. The second-order valence-corrected chi connectivity index (χ2v) is 6.64. The highest BCUT2D eigenvalue weighted by Crippen LogP contribution is 2.25. The van der Waals surface area contributed by atoms with Crippen molar-refractivity contribution in [2.45, 2.75) is 44.1 Å². The van der Waals surface area contributed by atoms with Crippen molar-refractivity contribution in [3.63, 3.8) is 0 Å². The van der Waals surface area contributed by atoms with Gasteiger partial charge in [0, 0.05) is 17.2 Å². The zero-order valence-electron chi connectivity index (χ0n) is 11.9. The second-order valence-electron chi connectivity index (χ2n) is 5.55. The quantitative estimate of drug-likeness (QED) is 0.777. The summed E-state index contributed by atoms with van der Waals surface area (Å²) in [5, 5.41) is 12.9. The van der Waals surface area contributed by atoms with Crippen LogP contribution >= 0.6 is 11.8 Å². The van der Waals surface area contributed by atoms with Gasteiger partial charge in [-0.05, 0) is 29.7 Å². The third-order valence-electron chi connectivity index (χ3n) is 2.79. The maximum Gasteiger partial charge on any atom is 0.0758 e. The maximum absolute atomic E-state index is 9.74. The number of hydrogen-bond donors (Lipinski definition) is 2. The van der Waals surface area contributed by atoms with Crippen LogP contribution < -0.4 is 5.32 Å². The molecule has 1 atom stereocenters. The highest BCUT2D eigenvalue weighted by molar-refractivity contribution is 7.99. The lowest BCUT2D eigenvalue weighted by molar-refractivity contribution is 0.197. The van der Waals surface area contributed by atoms with Crippen LogP contribution in [0.5, 0.6) is 0 Å². The molecule has 18 heavy (non-hydrogen) atoms. The van der Waals surface area contributed by atoms with Gasteiger partial charge in [-0.1, -0.05) is 39.8 Å². The summed E-state index contributed by atoms with van der Waals surface area (Å²) in [4.78, 5) is 1.22. The number of aliphatic hydroxyl groups is 1. The molecule has 0 aliphatic carbocycles. The van der Waals surface area contributed by atoms with Gasteiger partial charge in [0.1, 0.15) is 0 Å². The van der Waals surface area contributed by atoms with Gasteiger partial charge >= 0.3 is 0 Å². The minimum absolute atomic E-state index is 0.202. The molecule has 102 valence electrons. The Balaban J connectivity index is 2.44. The molecule has 0 bridgehead atoms. The standard InChI is InChI=1S/C15H25NOS/c1-5-16-10-13(17)11-18-14-8-6-12(7-9-14)15(2,3)4/h6-9,13,16-17H,5,10-11H2,1-4H3. The van der Waals surface area contributed by atoms with Crippen molar-refractivity contribution in [2.24, 2.45) is 0 Å². The van der Waals surface area contributed by atoms with Crippen molar-refractivity contribution >= 4 is 11.8 Å². The van der Waals surface area contributed by atoms with E-state index in [9.17, 15) is 5.11 Å². The molecule has 0 saturated heterocycles. The van der Waals surface area contributed by atoms with Crippen molar-refractivity contribution in [2.75, 3.05) is 18.8 Å². The second kappa shape index (κ2) is 7.17. The van der Waals surface area contributed by atoms with Gasteiger partial charge in [-0.25, -0.2) is 0 Å². The highest BCUT2D eigenvalue weighted by Gasteiger charge is 2.13.